The molecule has 0 aromatic heterocycles. The molecule has 0 heterocycles. The lowest BCUT2D eigenvalue weighted by molar-refractivity contribution is -0.136. The quantitative estimate of drug-likeness (QED) is 0.792. The molecule has 4 nitrogen and oxygen atoms in total. The second-order valence-corrected chi connectivity index (χ2v) is 3.18. The predicted octanol–water partition coefficient (Wildman–Crippen LogP) is 1.59. The minimum Gasteiger partial charge on any atom is -0.504 e. The van der Waals surface area contributed by atoms with Crippen molar-refractivity contribution in [1.82, 2.24) is 0 Å². The van der Waals surface area contributed by atoms with Crippen LogP contribution in [0.1, 0.15) is 18.1 Å². The summed E-state index contributed by atoms with van der Waals surface area (Å²) in [5.74, 6) is -0.726. The molecular formula is C11H14O4. The first-order valence-electron chi connectivity index (χ1n) is 4.69. The Kier molecular flexibility index (Phi) is 3.55. The number of phenolic OH excluding ortho intramolecular Hbond substituents is 1. The van der Waals surface area contributed by atoms with Crippen LogP contribution in [0.25, 0.3) is 0 Å². The average molecular weight is 210 g/mol. The summed E-state index contributed by atoms with van der Waals surface area (Å²) >= 11 is 0. The zero-order chi connectivity index (χ0) is 11.4. The second-order valence-electron chi connectivity index (χ2n) is 3.18. The highest BCUT2D eigenvalue weighted by Gasteiger charge is 2.14. The zero-order valence-electron chi connectivity index (χ0n) is 8.78. The maximum Gasteiger partial charge on any atom is 0.307 e. The van der Waals surface area contributed by atoms with Crippen molar-refractivity contribution in [3.8, 4) is 11.5 Å². The molecule has 0 aliphatic heterocycles. The Bertz CT molecular complexity index is 371. The van der Waals surface area contributed by atoms with Crippen LogP contribution in [0.3, 0.4) is 0 Å². The topological polar surface area (TPSA) is 66.8 Å². The summed E-state index contributed by atoms with van der Waals surface area (Å²) in [4.78, 5) is 10.6. The van der Waals surface area contributed by atoms with Crippen LogP contribution < -0.4 is 4.74 Å². The summed E-state index contributed by atoms with van der Waals surface area (Å²) in [6.45, 7) is 1.91. The minimum absolute atomic E-state index is 0.0701. The van der Waals surface area contributed by atoms with E-state index in [1.165, 1.54) is 7.11 Å². The van der Waals surface area contributed by atoms with E-state index in [0.717, 1.165) is 5.56 Å². The maximum atomic E-state index is 10.6. The van der Waals surface area contributed by atoms with E-state index in [1.54, 1.807) is 12.1 Å². The van der Waals surface area contributed by atoms with Gasteiger partial charge in [-0.25, -0.2) is 0 Å². The summed E-state index contributed by atoms with van der Waals surface area (Å²) in [7, 11) is 1.44. The number of carboxylic acid groups (broad SMARTS) is 1. The molecule has 0 radical (unpaired) electrons. The van der Waals surface area contributed by atoms with Crippen molar-refractivity contribution in [3.05, 3.63) is 23.3 Å². The van der Waals surface area contributed by atoms with Gasteiger partial charge < -0.3 is 14.9 Å². The zero-order valence-corrected chi connectivity index (χ0v) is 8.78. The van der Waals surface area contributed by atoms with Gasteiger partial charge in [-0.3, -0.25) is 4.79 Å². The number of aliphatic carboxylic acids is 1. The van der Waals surface area contributed by atoms with Gasteiger partial charge in [0.25, 0.3) is 0 Å². The molecule has 0 fully saturated rings. The SMILES string of the molecule is CCc1ccc(OC)c(O)c1CC(=O)O. The lowest BCUT2D eigenvalue weighted by atomic mass is 10.0. The van der Waals surface area contributed by atoms with Crippen LogP contribution in [0.15, 0.2) is 12.1 Å². The highest BCUT2D eigenvalue weighted by molar-refractivity contribution is 5.73. The van der Waals surface area contributed by atoms with Gasteiger partial charge in [0.2, 0.25) is 0 Å². The van der Waals surface area contributed by atoms with E-state index in [0.29, 0.717) is 17.7 Å². The predicted molar refractivity (Wildman–Crippen MR) is 55.4 cm³/mol. The van der Waals surface area contributed by atoms with E-state index in [4.69, 9.17) is 9.84 Å². The molecule has 1 aromatic rings. The fourth-order valence-electron chi connectivity index (χ4n) is 1.50. The van der Waals surface area contributed by atoms with Gasteiger partial charge in [-0.05, 0) is 18.1 Å². The number of hydrogen-bond donors (Lipinski definition) is 2. The molecule has 0 saturated carbocycles. The van der Waals surface area contributed by atoms with Gasteiger partial charge in [0, 0.05) is 5.56 Å². The Balaban J connectivity index is 3.22. The van der Waals surface area contributed by atoms with Gasteiger partial charge in [-0.1, -0.05) is 13.0 Å². The summed E-state index contributed by atoms with van der Waals surface area (Å²) in [5, 5.41) is 18.5. The first-order valence-corrected chi connectivity index (χ1v) is 4.69. The number of aryl methyl sites for hydroxylation is 1. The number of rotatable bonds is 4. The number of phenols is 1. The van der Waals surface area contributed by atoms with Crippen molar-refractivity contribution >= 4 is 5.97 Å². The molecule has 0 aliphatic carbocycles. The van der Waals surface area contributed by atoms with Crippen molar-refractivity contribution in [1.29, 1.82) is 0 Å². The Morgan fingerprint density at radius 3 is 2.60 bits per heavy atom. The Morgan fingerprint density at radius 2 is 2.13 bits per heavy atom. The highest BCUT2D eigenvalue weighted by atomic mass is 16.5. The normalized spacial score (nSPS) is 10.0. The second kappa shape index (κ2) is 4.68. The fourth-order valence-corrected chi connectivity index (χ4v) is 1.50. The van der Waals surface area contributed by atoms with Crippen LogP contribution >= 0.6 is 0 Å². The first-order chi connectivity index (χ1) is 7.10. The van der Waals surface area contributed by atoms with Crippen molar-refractivity contribution < 1.29 is 19.7 Å². The van der Waals surface area contributed by atoms with Gasteiger partial charge in [0.05, 0.1) is 13.5 Å². The van der Waals surface area contributed by atoms with Crippen LogP contribution in [0.5, 0.6) is 11.5 Å². The third kappa shape index (κ3) is 2.40. The fraction of sp³-hybridized carbons (Fsp3) is 0.364. The molecule has 0 bridgehead atoms. The summed E-state index contributed by atoms with van der Waals surface area (Å²) in [6.07, 6.45) is 0.492. The molecule has 4 heteroatoms. The first kappa shape index (κ1) is 11.4. The van der Waals surface area contributed by atoms with Crippen molar-refractivity contribution in [2.24, 2.45) is 0 Å². The van der Waals surface area contributed by atoms with Crippen LogP contribution in [0, 0.1) is 0 Å². The monoisotopic (exact) mass is 210 g/mol. The molecule has 15 heavy (non-hydrogen) atoms. The molecule has 82 valence electrons. The minimum atomic E-state index is -0.965. The summed E-state index contributed by atoms with van der Waals surface area (Å²) < 4.78 is 4.92. The average Bonchev–Trinajstić information content (AvgIpc) is 2.20. The van der Waals surface area contributed by atoms with E-state index in [9.17, 15) is 9.90 Å². The molecular weight excluding hydrogens is 196 g/mol. The third-order valence-electron chi connectivity index (χ3n) is 2.27. The van der Waals surface area contributed by atoms with Gasteiger partial charge in [-0.2, -0.15) is 0 Å². The molecule has 0 amide bonds. The van der Waals surface area contributed by atoms with E-state index in [1.807, 2.05) is 6.92 Å². The van der Waals surface area contributed by atoms with Crippen molar-refractivity contribution in [2.45, 2.75) is 19.8 Å². The summed E-state index contributed by atoms with van der Waals surface area (Å²) in [6, 6.07) is 3.41. The molecule has 0 spiro atoms. The Labute approximate surface area is 88.1 Å². The van der Waals surface area contributed by atoms with E-state index >= 15 is 0 Å². The molecule has 1 rings (SSSR count). The molecule has 0 unspecified atom stereocenters. The number of methoxy groups -OCH3 is 1. The van der Waals surface area contributed by atoms with Crippen molar-refractivity contribution in [2.75, 3.05) is 7.11 Å². The smallest absolute Gasteiger partial charge is 0.307 e. The van der Waals surface area contributed by atoms with Crippen LogP contribution in [0.2, 0.25) is 0 Å². The number of benzene rings is 1. The van der Waals surface area contributed by atoms with Crippen LogP contribution in [-0.2, 0) is 17.6 Å². The lowest BCUT2D eigenvalue weighted by Crippen LogP contribution is -2.04. The standard InChI is InChI=1S/C11H14O4/c1-3-7-4-5-9(15-2)11(14)8(7)6-10(12)13/h4-5,14H,3,6H2,1-2H3,(H,12,13). The van der Waals surface area contributed by atoms with Crippen LogP contribution in [0.4, 0.5) is 0 Å². The van der Waals surface area contributed by atoms with Gasteiger partial charge >= 0.3 is 5.97 Å². The number of carbonyl (C=O) groups is 1. The van der Waals surface area contributed by atoms with Crippen LogP contribution in [-0.4, -0.2) is 23.3 Å². The van der Waals surface area contributed by atoms with Gasteiger partial charge in [-0.15, -0.1) is 0 Å². The Hall–Kier alpha value is -1.71. The van der Waals surface area contributed by atoms with E-state index in [2.05, 4.69) is 0 Å². The number of aromatic hydroxyl groups is 1. The number of carboxylic acids is 1. The lowest BCUT2D eigenvalue weighted by Gasteiger charge is -2.11. The molecule has 0 saturated heterocycles. The largest absolute Gasteiger partial charge is 0.504 e. The maximum absolute atomic E-state index is 10.6. The molecule has 1 aromatic carbocycles. The Morgan fingerprint density at radius 1 is 1.47 bits per heavy atom. The molecule has 2 N–H and O–H groups in total. The highest BCUT2D eigenvalue weighted by Crippen LogP contribution is 2.32. The van der Waals surface area contributed by atoms with Crippen molar-refractivity contribution in [3.63, 3.8) is 0 Å². The molecule has 0 aliphatic rings. The third-order valence-corrected chi connectivity index (χ3v) is 2.27. The van der Waals surface area contributed by atoms with Gasteiger partial charge in [0.15, 0.2) is 11.5 Å². The summed E-state index contributed by atoms with van der Waals surface area (Å²) in [5.41, 5.74) is 1.26. The molecule has 0 atom stereocenters. The van der Waals surface area contributed by atoms with E-state index < -0.39 is 5.97 Å². The van der Waals surface area contributed by atoms with Gasteiger partial charge in [0.1, 0.15) is 0 Å². The number of ether oxygens (including phenoxy) is 1. The number of hydrogen-bond acceptors (Lipinski definition) is 3. The van der Waals surface area contributed by atoms with E-state index in [-0.39, 0.29) is 12.2 Å².